The molecule has 0 aromatic rings. The third kappa shape index (κ3) is 3.82. The molecule has 0 aromatic carbocycles. The largest absolute Gasteiger partial charge is 0.444 e. The summed E-state index contributed by atoms with van der Waals surface area (Å²) in [4.78, 5) is 13.5. The minimum absolute atomic E-state index is 0.160. The van der Waals surface area contributed by atoms with Crippen molar-refractivity contribution < 1.29 is 17.9 Å². The van der Waals surface area contributed by atoms with Crippen molar-refractivity contribution in [2.24, 2.45) is 0 Å². The van der Waals surface area contributed by atoms with Gasteiger partial charge in [-0.05, 0) is 27.7 Å². The number of hydrogen-bond acceptors (Lipinski definition) is 4. The zero-order chi connectivity index (χ0) is 15.0. The number of sulfonamides is 1. The molecule has 1 aliphatic heterocycles. The number of hydrogen-bond donors (Lipinski definition) is 0. The lowest BCUT2D eigenvalue weighted by Gasteiger charge is -2.49. The first-order valence-corrected chi connectivity index (χ1v) is 8.28. The predicted octanol–water partition coefficient (Wildman–Crippen LogP) is 1.28. The van der Waals surface area contributed by atoms with Gasteiger partial charge in [0.1, 0.15) is 5.60 Å². The number of rotatable bonds is 3. The lowest BCUT2D eigenvalue weighted by Crippen LogP contribution is -2.68. The van der Waals surface area contributed by atoms with Crippen molar-refractivity contribution in [2.75, 3.05) is 19.3 Å². The van der Waals surface area contributed by atoms with Crippen molar-refractivity contribution in [3.8, 4) is 0 Å². The molecular formula is C12H24N2O4S. The molecule has 1 amide bonds. The molecule has 1 saturated heterocycles. The van der Waals surface area contributed by atoms with E-state index in [2.05, 4.69) is 0 Å². The molecule has 0 unspecified atom stereocenters. The molecule has 0 spiro atoms. The Labute approximate surface area is 115 Å². The second kappa shape index (κ2) is 5.28. The zero-order valence-corrected chi connectivity index (χ0v) is 13.3. The van der Waals surface area contributed by atoms with Crippen LogP contribution >= 0.6 is 0 Å². The first kappa shape index (κ1) is 16.2. The van der Waals surface area contributed by atoms with Crippen LogP contribution in [-0.4, -0.2) is 60.7 Å². The van der Waals surface area contributed by atoms with Crippen molar-refractivity contribution in [3.63, 3.8) is 0 Å². The van der Waals surface area contributed by atoms with Gasteiger partial charge in [0, 0.05) is 13.1 Å². The fourth-order valence-electron chi connectivity index (χ4n) is 2.20. The summed E-state index contributed by atoms with van der Waals surface area (Å²) in [5.74, 6) is 0. The standard InChI is InChI=1S/C12H24N2O4S/c1-7-14(19(6,16)17)10-8-13(9(10)2)11(15)18-12(3,4)5/h9-10H,7-8H2,1-6H3/t9-,10+/m1/s1. The van der Waals surface area contributed by atoms with Crippen LogP contribution in [0.3, 0.4) is 0 Å². The first-order chi connectivity index (χ1) is 8.47. The number of amides is 1. The molecule has 1 heterocycles. The Kier molecular flexibility index (Phi) is 4.51. The minimum atomic E-state index is -3.24. The molecule has 19 heavy (non-hydrogen) atoms. The van der Waals surface area contributed by atoms with Gasteiger partial charge in [0.25, 0.3) is 0 Å². The van der Waals surface area contributed by atoms with Gasteiger partial charge < -0.3 is 9.64 Å². The van der Waals surface area contributed by atoms with E-state index in [1.807, 2.05) is 27.7 Å². The third-order valence-corrected chi connectivity index (χ3v) is 4.55. The van der Waals surface area contributed by atoms with E-state index in [0.29, 0.717) is 13.1 Å². The van der Waals surface area contributed by atoms with Gasteiger partial charge in [0.05, 0.1) is 18.3 Å². The van der Waals surface area contributed by atoms with Crippen LogP contribution in [0, 0.1) is 0 Å². The maximum atomic E-state index is 11.9. The molecule has 7 heteroatoms. The van der Waals surface area contributed by atoms with E-state index in [1.54, 1.807) is 11.8 Å². The highest BCUT2D eigenvalue weighted by Gasteiger charge is 2.45. The van der Waals surface area contributed by atoms with Crippen LogP contribution < -0.4 is 0 Å². The lowest BCUT2D eigenvalue weighted by atomic mass is 9.99. The molecule has 1 fully saturated rings. The third-order valence-electron chi connectivity index (χ3n) is 3.17. The monoisotopic (exact) mass is 292 g/mol. The van der Waals surface area contributed by atoms with Gasteiger partial charge in [-0.25, -0.2) is 13.2 Å². The molecule has 6 nitrogen and oxygen atoms in total. The van der Waals surface area contributed by atoms with Crippen LogP contribution in [0.2, 0.25) is 0 Å². The molecule has 112 valence electrons. The minimum Gasteiger partial charge on any atom is -0.444 e. The number of carbonyl (C=O) groups is 1. The van der Waals surface area contributed by atoms with Gasteiger partial charge in [-0.2, -0.15) is 4.31 Å². The van der Waals surface area contributed by atoms with E-state index in [0.717, 1.165) is 0 Å². The number of ether oxygens (including phenoxy) is 1. The Balaban J connectivity index is 2.68. The number of nitrogens with zero attached hydrogens (tertiary/aromatic N) is 2. The Hall–Kier alpha value is -0.820. The number of likely N-dealkylation sites (N-methyl/N-ethyl adjacent to an activating group) is 1. The maximum Gasteiger partial charge on any atom is 0.410 e. The summed E-state index contributed by atoms with van der Waals surface area (Å²) < 4.78 is 30.0. The molecule has 2 atom stereocenters. The van der Waals surface area contributed by atoms with E-state index in [9.17, 15) is 13.2 Å². The molecular weight excluding hydrogens is 268 g/mol. The van der Waals surface area contributed by atoms with Crippen LogP contribution in [0.5, 0.6) is 0 Å². The van der Waals surface area contributed by atoms with Crippen molar-refractivity contribution in [1.82, 2.24) is 9.21 Å². The van der Waals surface area contributed by atoms with Gasteiger partial charge in [-0.1, -0.05) is 6.92 Å². The van der Waals surface area contributed by atoms with Crippen molar-refractivity contribution >= 4 is 16.1 Å². The van der Waals surface area contributed by atoms with E-state index < -0.39 is 15.6 Å². The second-order valence-electron chi connectivity index (χ2n) is 5.91. The quantitative estimate of drug-likeness (QED) is 0.786. The Morgan fingerprint density at radius 3 is 2.26 bits per heavy atom. The molecule has 0 N–H and O–H groups in total. The summed E-state index contributed by atoms with van der Waals surface area (Å²) in [6.07, 6.45) is 0.806. The summed E-state index contributed by atoms with van der Waals surface area (Å²) >= 11 is 0. The van der Waals surface area contributed by atoms with E-state index in [4.69, 9.17) is 4.74 Å². The average Bonchev–Trinajstić information content (AvgIpc) is 2.17. The second-order valence-corrected chi connectivity index (χ2v) is 7.84. The summed E-state index contributed by atoms with van der Waals surface area (Å²) in [7, 11) is -3.24. The van der Waals surface area contributed by atoms with Crippen LogP contribution in [0.1, 0.15) is 34.6 Å². The molecule has 0 radical (unpaired) electrons. The molecule has 0 bridgehead atoms. The van der Waals surface area contributed by atoms with Crippen LogP contribution in [0.25, 0.3) is 0 Å². The fraction of sp³-hybridized carbons (Fsp3) is 0.917. The highest BCUT2D eigenvalue weighted by Crippen LogP contribution is 2.26. The topological polar surface area (TPSA) is 66.9 Å². The average molecular weight is 292 g/mol. The number of carbonyl (C=O) groups excluding carboxylic acids is 1. The smallest absolute Gasteiger partial charge is 0.410 e. The van der Waals surface area contributed by atoms with Crippen LogP contribution in [0.4, 0.5) is 4.79 Å². The lowest BCUT2D eigenvalue weighted by molar-refractivity contribution is -0.0270. The normalized spacial score (nSPS) is 24.3. The predicted molar refractivity (Wildman–Crippen MR) is 73.4 cm³/mol. The highest BCUT2D eigenvalue weighted by molar-refractivity contribution is 7.88. The van der Waals surface area contributed by atoms with Crippen LogP contribution in [-0.2, 0) is 14.8 Å². The van der Waals surface area contributed by atoms with Gasteiger partial charge in [0.15, 0.2) is 0 Å². The maximum absolute atomic E-state index is 11.9. The zero-order valence-electron chi connectivity index (χ0n) is 12.5. The molecule has 1 rings (SSSR count). The van der Waals surface area contributed by atoms with E-state index in [1.165, 1.54) is 10.6 Å². The molecule has 0 aliphatic carbocycles. The fourth-order valence-corrected chi connectivity index (χ4v) is 3.40. The highest BCUT2D eigenvalue weighted by atomic mass is 32.2. The Bertz CT molecular complexity index is 441. The molecule has 0 aromatic heterocycles. The number of likely N-dealkylation sites (tertiary alicyclic amines) is 1. The van der Waals surface area contributed by atoms with Gasteiger partial charge in [-0.3, -0.25) is 0 Å². The van der Waals surface area contributed by atoms with Gasteiger partial charge in [0.2, 0.25) is 10.0 Å². The van der Waals surface area contributed by atoms with Gasteiger partial charge in [-0.15, -0.1) is 0 Å². The van der Waals surface area contributed by atoms with E-state index >= 15 is 0 Å². The van der Waals surface area contributed by atoms with E-state index in [-0.39, 0.29) is 18.2 Å². The molecule has 1 aliphatic rings. The summed E-state index contributed by atoms with van der Waals surface area (Å²) in [6, 6.07) is -0.322. The van der Waals surface area contributed by atoms with Crippen molar-refractivity contribution in [2.45, 2.75) is 52.3 Å². The summed E-state index contributed by atoms with van der Waals surface area (Å²) in [6.45, 7) is 9.86. The Morgan fingerprint density at radius 1 is 1.42 bits per heavy atom. The first-order valence-electron chi connectivity index (χ1n) is 6.44. The van der Waals surface area contributed by atoms with Crippen LogP contribution in [0.15, 0.2) is 0 Å². The summed E-state index contributed by atoms with van der Waals surface area (Å²) in [5.41, 5.74) is -0.539. The SMILES string of the molecule is CCN([C@H]1CN(C(=O)OC(C)(C)C)[C@@H]1C)S(C)(=O)=O. The van der Waals surface area contributed by atoms with Gasteiger partial charge >= 0.3 is 6.09 Å². The van der Waals surface area contributed by atoms with Crippen molar-refractivity contribution in [1.29, 1.82) is 0 Å². The van der Waals surface area contributed by atoms with Crippen molar-refractivity contribution in [3.05, 3.63) is 0 Å². The molecule has 0 saturated carbocycles. The Morgan fingerprint density at radius 2 is 1.95 bits per heavy atom. The summed E-state index contributed by atoms with van der Waals surface area (Å²) in [5, 5.41) is 0.